The van der Waals surface area contributed by atoms with E-state index >= 15 is 0 Å². The summed E-state index contributed by atoms with van der Waals surface area (Å²) < 4.78 is 5.67. The van der Waals surface area contributed by atoms with Gasteiger partial charge in [-0.3, -0.25) is 4.90 Å². The molecule has 0 saturated carbocycles. The largest absolute Gasteiger partial charge is 0.375 e. The Morgan fingerprint density at radius 2 is 1.67 bits per heavy atom. The van der Waals surface area contributed by atoms with Gasteiger partial charge < -0.3 is 10.1 Å². The highest BCUT2D eigenvalue weighted by Crippen LogP contribution is 2.06. The molecule has 0 spiro atoms. The minimum atomic E-state index is 0. The Bertz CT molecular complexity index is 145. The van der Waals surface area contributed by atoms with Crippen LogP contribution in [0, 0.1) is 0 Å². The van der Waals surface area contributed by atoms with Crippen molar-refractivity contribution in [2.24, 2.45) is 0 Å². The first-order valence-electron chi connectivity index (χ1n) is 5.15. The highest BCUT2D eigenvalue weighted by atomic mass is 35.5. The summed E-state index contributed by atoms with van der Waals surface area (Å²) in [5.41, 5.74) is 0.00797. The van der Waals surface area contributed by atoms with Crippen LogP contribution in [0.15, 0.2) is 0 Å². The summed E-state index contributed by atoms with van der Waals surface area (Å²) in [6.45, 7) is 12.8. The zero-order chi connectivity index (χ0) is 9.73. The fraction of sp³-hybridized carbons (Fsp3) is 1.00. The molecule has 0 aliphatic carbocycles. The molecule has 0 unspecified atom stereocenters. The van der Waals surface area contributed by atoms with Gasteiger partial charge in [0.1, 0.15) is 0 Å². The van der Waals surface area contributed by atoms with Crippen molar-refractivity contribution in [3.05, 3.63) is 0 Å². The lowest BCUT2D eigenvalue weighted by Gasteiger charge is -2.28. The molecule has 1 N–H and O–H groups in total. The summed E-state index contributed by atoms with van der Waals surface area (Å²) >= 11 is 0. The average molecular weight is 259 g/mol. The highest BCUT2D eigenvalue weighted by molar-refractivity contribution is 5.85. The van der Waals surface area contributed by atoms with E-state index < -0.39 is 0 Å². The number of hydrogen-bond donors (Lipinski definition) is 1. The first kappa shape index (κ1) is 17.8. The van der Waals surface area contributed by atoms with E-state index in [2.05, 4.69) is 31.0 Å². The van der Waals surface area contributed by atoms with E-state index in [9.17, 15) is 0 Å². The van der Waals surface area contributed by atoms with Gasteiger partial charge in [-0.2, -0.15) is 0 Å². The smallest absolute Gasteiger partial charge is 0.0600 e. The van der Waals surface area contributed by atoms with Crippen molar-refractivity contribution in [2.75, 3.05) is 39.3 Å². The summed E-state index contributed by atoms with van der Waals surface area (Å²) in [6.07, 6.45) is 0. The quantitative estimate of drug-likeness (QED) is 0.832. The minimum Gasteiger partial charge on any atom is -0.375 e. The van der Waals surface area contributed by atoms with Crippen LogP contribution in [0.2, 0.25) is 0 Å². The molecule has 0 radical (unpaired) electrons. The molecular formula is C10H24Cl2N2O. The van der Waals surface area contributed by atoms with Gasteiger partial charge in [0.15, 0.2) is 0 Å². The Kier molecular flexibility index (Phi) is 10.2. The van der Waals surface area contributed by atoms with Crippen LogP contribution in [0.25, 0.3) is 0 Å². The van der Waals surface area contributed by atoms with E-state index in [4.69, 9.17) is 4.74 Å². The topological polar surface area (TPSA) is 24.5 Å². The molecule has 1 aliphatic rings. The Hall–Kier alpha value is 0.460. The monoisotopic (exact) mass is 258 g/mol. The summed E-state index contributed by atoms with van der Waals surface area (Å²) in [7, 11) is 0. The predicted octanol–water partition coefficient (Wildman–Crippen LogP) is 1.55. The van der Waals surface area contributed by atoms with E-state index in [0.29, 0.717) is 0 Å². The van der Waals surface area contributed by atoms with Crippen LogP contribution in [-0.2, 0) is 4.74 Å². The Balaban J connectivity index is 0. The number of halogens is 2. The lowest BCUT2D eigenvalue weighted by molar-refractivity contribution is -0.0140. The molecule has 5 heteroatoms. The van der Waals surface area contributed by atoms with Gasteiger partial charge in [-0.05, 0) is 20.8 Å². The molecule has 1 fully saturated rings. The molecule has 0 bridgehead atoms. The molecule has 0 aromatic heterocycles. The van der Waals surface area contributed by atoms with E-state index in [1.54, 1.807) is 0 Å². The average Bonchev–Trinajstić information content (AvgIpc) is 2.04. The number of piperazine rings is 1. The third-order valence-corrected chi connectivity index (χ3v) is 2.15. The van der Waals surface area contributed by atoms with Crippen molar-refractivity contribution in [1.29, 1.82) is 0 Å². The molecule has 0 aromatic rings. The van der Waals surface area contributed by atoms with Gasteiger partial charge in [0.2, 0.25) is 0 Å². The maximum absolute atomic E-state index is 5.67. The van der Waals surface area contributed by atoms with Crippen LogP contribution < -0.4 is 5.32 Å². The second-order valence-electron chi connectivity index (χ2n) is 4.55. The summed E-state index contributed by atoms with van der Waals surface area (Å²) in [5.74, 6) is 0. The Morgan fingerprint density at radius 3 is 2.13 bits per heavy atom. The zero-order valence-electron chi connectivity index (χ0n) is 9.91. The number of ether oxygens (including phenoxy) is 1. The lowest BCUT2D eigenvalue weighted by atomic mass is 10.2. The Labute approximate surface area is 106 Å². The van der Waals surface area contributed by atoms with Crippen molar-refractivity contribution >= 4 is 24.8 Å². The van der Waals surface area contributed by atoms with Gasteiger partial charge >= 0.3 is 0 Å². The van der Waals surface area contributed by atoms with Crippen LogP contribution >= 0.6 is 24.8 Å². The normalized spacial score (nSPS) is 17.8. The van der Waals surface area contributed by atoms with Gasteiger partial charge in [0, 0.05) is 32.7 Å². The van der Waals surface area contributed by atoms with Crippen molar-refractivity contribution in [2.45, 2.75) is 26.4 Å². The minimum absolute atomic E-state index is 0. The Morgan fingerprint density at radius 1 is 1.13 bits per heavy atom. The molecule has 0 aromatic carbocycles. The second-order valence-corrected chi connectivity index (χ2v) is 4.55. The molecule has 94 valence electrons. The van der Waals surface area contributed by atoms with Crippen LogP contribution in [0.4, 0.5) is 0 Å². The maximum Gasteiger partial charge on any atom is 0.0600 e. The molecule has 15 heavy (non-hydrogen) atoms. The van der Waals surface area contributed by atoms with Gasteiger partial charge in [-0.25, -0.2) is 0 Å². The molecular weight excluding hydrogens is 235 g/mol. The van der Waals surface area contributed by atoms with E-state index in [1.165, 1.54) is 0 Å². The van der Waals surface area contributed by atoms with Gasteiger partial charge in [-0.1, -0.05) is 0 Å². The van der Waals surface area contributed by atoms with Crippen molar-refractivity contribution in [3.8, 4) is 0 Å². The zero-order valence-corrected chi connectivity index (χ0v) is 11.5. The van der Waals surface area contributed by atoms with Gasteiger partial charge in [0.25, 0.3) is 0 Å². The standard InChI is InChI=1S/C10H22N2O.2ClH/c1-10(2,3)13-9-8-12-6-4-11-5-7-12;;/h11H,4-9H2,1-3H3;2*1H. The lowest BCUT2D eigenvalue weighted by Crippen LogP contribution is -2.45. The maximum atomic E-state index is 5.67. The number of hydrogen-bond acceptors (Lipinski definition) is 3. The van der Waals surface area contributed by atoms with E-state index in [1.807, 2.05) is 0 Å². The van der Waals surface area contributed by atoms with Crippen molar-refractivity contribution in [1.82, 2.24) is 10.2 Å². The van der Waals surface area contributed by atoms with Crippen LogP contribution in [0.1, 0.15) is 20.8 Å². The first-order valence-corrected chi connectivity index (χ1v) is 5.15. The van der Waals surface area contributed by atoms with E-state index in [-0.39, 0.29) is 30.4 Å². The van der Waals surface area contributed by atoms with Crippen LogP contribution in [-0.4, -0.2) is 49.8 Å². The third kappa shape index (κ3) is 9.39. The number of rotatable bonds is 3. The van der Waals surface area contributed by atoms with Crippen molar-refractivity contribution in [3.63, 3.8) is 0 Å². The summed E-state index contributed by atoms with van der Waals surface area (Å²) in [4.78, 5) is 2.45. The summed E-state index contributed by atoms with van der Waals surface area (Å²) in [5, 5.41) is 3.34. The molecule has 3 nitrogen and oxygen atoms in total. The predicted molar refractivity (Wildman–Crippen MR) is 69.5 cm³/mol. The third-order valence-electron chi connectivity index (χ3n) is 2.15. The van der Waals surface area contributed by atoms with Gasteiger partial charge in [0.05, 0.1) is 12.2 Å². The molecule has 0 atom stereocenters. The highest BCUT2D eigenvalue weighted by Gasteiger charge is 2.12. The number of nitrogens with one attached hydrogen (secondary N) is 1. The first-order chi connectivity index (χ1) is 6.08. The number of nitrogens with zero attached hydrogens (tertiary/aromatic N) is 1. The van der Waals surface area contributed by atoms with Crippen molar-refractivity contribution < 1.29 is 4.74 Å². The van der Waals surface area contributed by atoms with Gasteiger partial charge in [-0.15, -0.1) is 24.8 Å². The molecule has 1 aliphatic heterocycles. The molecule has 1 rings (SSSR count). The molecule has 1 heterocycles. The SMILES string of the molecule is CC(C)(C)OCCN1CCNCC1.Cl.Cl. The van der Waals surface area contributed by atoms with E-state index in [0.717, 1.165) is 39.3 Å². The van der Waals surface area contributed by atoms with Crippen LogP contribution in [0.5, 0.6) is 0 Å². The molecule has 0 amide bonds. The second kappa shape index (κ2) is 8.59. The summed E-state index contributed by atoms with van der Waals surface area (Å²) in [6, 6.07) is 0. The molecule has 1 saturated heterocycles. The van der Waals surface area contributed by atoms with Crippen LogP contribution in [0.3, 0.4) is 0 Å². The fourth-order valence-electron chi connectivity index (χ4n) is 1.42. The fourth-order valence-corrected chi connectivity index (χ4v) is 1.42.